The van der Waals surface area contributed by atoms with Crippen molar-refractivity contribution in [1.82, 2.24) is 9.29 Å². The van der Waals surface area contributed by atoms with Gasteiger partial charge in [0.25, 0.3) is 10.0 Å². The lowest BCUT2D eigenvalue weighted by molar-refractivity contribution is 0.471. The van der Waals surface area contributed by atoms with Crippen LogP contribution in [0.1, 0.15) is 25.0 Å². The average Bonchev–Trinajstić information content (AvgIpc) is 3.23. The molecule has 1 fully saturated rings. The molecule has 0 spiro atoms. The van der Waals surface area contributed by atoms with Crippen LogP contribution in [0.25, 0.3) is 10.9 Å². The number of hydrogen-bond donors (Lipinski definition) is 2. The van der Waals surface area contributed by atoms with Gasteiger partial charge in [0.15, 0.2) is 0 Å². The summed E-state index contributed by atoms with van der Waals surface area (Å²) in [4.78, 5) is 0.260. The number of halogens is 1. The van der Waals surface area contributed by atoms with Gasteiger partial charge in [-0.15, -0.1) is 0 Å². The van der Waals surface area contributed by atoms with Gasteiger partial charge in [0, 0.05) is 34.7 Å². The zero-order chi connectivity index (χ0) is 19.0. The summed E-state index contributed by atoms with van der Waals surface area (Å²) in [5, 5.41) is 4.82. The normalized spacial score (nSPS) is 20.4. The van der Waals surface area contributed by atoms with Crippen molar-refractivity contribution in [1.29, 1.82) is 0 Å². The Morgan fingerprint density at radius 3 is 2.59 bits per heavy atom. The number of nitrogens with one attached hydrogen (secondary N) is 1. The lowest BCUT2D eigenvalue weighted by atomic mass is 10.2. The van der Waals surface area contributed by atoms with Crippen LogP contribution in [-0.2, 0) is 16.6 Å². The van der Waals surface area contributed by atoms with Gasteiger partial charge in [-0.05, 0) is 49.2 Å². The third-order valence-corrected chi connectivity index (χ3v) is 7.20. The number of rotatable bonds is 5. The summed E-state index contributed by atoms with van der Waals surface area (Å²) in [5.74, 6) is 0. The molecule has 3 N–H and O–H groups in total. The van der Waals surface area contributed by atoms with Crippen LogP contribution in [-0.4, -0.2) is 24.5 Å². The lowest BCUT2D eigenvalue weighted by Crippen LogP contribution is -2.40. The smallest absolute Gasteiger partial charge is 0.268 e. The summed E-state index contributed by atoms with van der Waals surface area (Å²) in [7, 11) is -3.72. The standard InChI is InChI=1S/C20H22ClN3O2S/c21-15-9-10-20-14(11-15)12-16(13-23-19-8-4-7-18(19)22)24(20)27(25,26)17-5-2-1-3-6-17/h1-3,5-6,9-12,18-19,23H,4,7-8,13,22H2/t18-,19+/m0/s1. The lowest BCUT2D eigenvalue weighted by Gasteiger charge is -2.18. The Labute approximate surface area is 164 Å². The molecule has 7 heteroatoms. The third-order valence-electron chi connectivity index (χ3n) is 5.19. The van der Waals surface area contributed by atoms with Crippen LogP contribution < -0.4 is 11.1 Å². The molecule has 1 aromatic heterocycles. The van der Waals surface area contributed by atoms with Crippen molar-refractivity contribution in [3.8, 4) is 0 Å². The molecule has 27 heavy (non-hydrogen) atoms. The van der Waals surface area contributed by atoms with E-state index in [0.717, 1.165) is 24.6 Å². The highest BCUT2D eigenvalue weighted by atomic mass is 35.5. The van der Waals surface area contributed by atoms with E-state index < -0.39 is 10.0 Å². The van der Waals surface area contributed by atoms with Gasteiger partial charge < -0.3 is 11.1 Å². The highest BCUT2D eigenvalue weighted by Gasteiger charge is 2.26. The summed E-state index contributed by atoms with van der Waals surface area (Å²) in [5.41, 5.74) is 7.45. The predicted molar refractivity (Wildman–Crippen MR) is 108 cm³/mol. The highest BCUT2D eigenvalue weighted by molar-refractivity contribution is 7.90. The molecule has 2 aromatic carbocycles. The first-order valence-electron chi connectivity index (χ1n) is 9.06. The van der Waals surface area contributed by atoms with Crippen LogP contribution in [0.2, 0.25) is 5.02 Å². The van der Waals surface area contributed by atoms with Crippen molar-refractivity contribution in [2.24, 2.45) is 5.73 Å². The van der Waals surface area contributed by atoms with Crippen LogP contribution in [0, 0.1) is 0 Å². The Bertz CT molecular complexity index is 1060. The van der Waals surface area contributed by atoms with Crippen LogP contribution >= 0.6 is 11.6 Å². The van der Waals surface area contributed by atoms with Crippen molar-refractivity contribution in [2.45, 2.75) is 42.8 Å². The van der Waals surface area contributed by atoms with E-state index in [4.69, 9.17) is 17.3 Å². The van der Waals surface area contributed by atoms with Crippen LogP contribution in [0.3, 0.4) is 0 Å². The van der Waals surface area contributed by atoms with Crippen molar-refractivity contribution in [3.05, 3.63) is 65.3 Å². The number of fused-ring (bicyclic) bond motifs is 1. The van der Waals surface area contributed by atoms with E-state index in [1.54, 1.807) is 48.5 Å². The summed E-state index contributed by atoms with van der Waals surface area (Å²) in [6.45, 7) is 0.427. The molecule has 4 rings (SSSR count). The average molecular weight is 404 g/mol. The molecule has 1 aliphatic rings. The van der Waals surface area contributed by atoms with Crippen LogP contribution in [0.5, 0.6) is 0 Å². The molecular formula is C20H22ClN3O2S. The fraction of sp³-hybridized carbons (Fsp3) is 0.300. The molecule has 1 saturated carbocycles. The molecule has 1 aliphatic carbocycles. The number of nitrogens with two attached hydrogens (primary N) is 1. The summed E-state index contributed by atoms with van der Waals surface area (Å²) >= 11 is 6.12. The molecule has 2 atom stereocenters. The Morgan fingerprint density at radius 1 is 1.11 bits per heavy atom. The van der Waals surface area contributed by atoms with Gasteiger partial charge in [0.05, 0.1) is 10.4 Å². The zero-order valence-electron chi connectivity index (χ0n) is 14.8. The fourth-order valence-electron chi connectivity index (χ4n) is 3.80. The van der Waals surface area contributed by atoms with Gasteiger partial charge in [-0.3, -0.25) is 0 Å². The highest BCUT2D eigenvalue weighted by Crippen LogP contribution is 2.28. The zero-order valence-corrected chi connectivity index (χ0v) is 16.4. The first kappa shape index (κ1) is 18.5. The Balaban J connectivity index is 1.79. The van der Waals surface area contributed by atoms with Gasteiger partial charge in [0.1, 0.15) is 0 Å². The second-order valence-electron chi connectivity index (χ2n) is 7.00. The number of hydrogen-bond acceptors (Lipinski definition) is 4. The molecule has 0 bridgehead atoms. The number of aromatic nitrogens is 1. The molecule has 0 unspecified atom stereocenters. The van der Waals surface area contributed by atoms with Crippen molar-refractivity contribution in [2.75, 3.05) is 0 Å². The van der Waals surface area contributed by atoms with E-state index in [9.17, 15) is 8.42 Å². The third kappa shape index (κ3) is 3.50. The van der Waals surface area contributed by atoms with Gasteiger partial charge in [-0.1, -0.05) is 36.2 Å². The second kappa shape index (κ2) is 7.28. The van der Waals surface area contributed by atoms with Crippen molar-refractivity contribution >= 4 is 32.5 Å². The Hall–Kier alpha value is -1.86. The number of nitrogens with zero attached hydrogens (tertiary/aromatic N) is 1. The molecule has 0 radical (unpaired) electrons. The van der Waals surface area contributed by atoms with Crippen LogP contribution in [0.4, 0.5) is 0 Å². The quantitative estimate of drug-likeness (QED) is 0.683. The van der Waals surface area contributed by atoms with Gasteiger partial charge in [0.2, 0.25) is 0 Å². The minimum absolute atomic E-state index is 0.114. The second-order valence-corrected chi connectivity index (χ2v) is 9.23. The maximum absolute atomic E-state index is 13.4. The van der Waals surface area contributed by atoms with E-state index in [0.29, 0.717) is 22.8 Å². The fourth-order valence-corrected chi connectivity index (χ4v) is 5.54. The minimum Gasteiger partial charge on any atom is -0.326 e. The molecule has 142 valence electrons. The molecule has 5 nitrogen and oxygen atoms in total. The topological polar surface area (TPSA) is 77.1 Å². The van der Waals surface area contributed by atoms with E-state index in [-0.39, 0.29) is 17.0 Å². The monoisotopic (exact) mass is 403 g/mol. The van der Waals surface area contributed by atoms with Crippen molar-refractivity contribution < 1.29 is 8.42 Å². The molecule has 0 aliphatic heterocycles. The summed E-state index contributed by atoms with van der Waals surface area (Å²) in [6, 6.07) is 15.9. The Kier molecular flexibility index (Phi) is 4.99. The maximum atomic E-state index is 13.4. The van der Waals surface area contributed by atoms with Gasteiger partial charge in [-0.25, -0.2) is 12.4 Å². The van der Waals surface area contributed by atoms with Crippen molar-refractivity contribution in [3.63, 3.8) is 0 Å². The largest absolute Gasteiger partial charge is 0.326 e. The molecular weight excluding hydrogens is 382 g/mol. The van der Waals surface area contributed by atoms with Gasteiger partial charge >= 0.3 is 0 Å². The van der Waals surface area contributed by atoms with E-state index in [1.807, 2.05) is 6.07 Å². The summed E-state index contributed by atoms with van der Waals surface area (Å²) in [6.07, 6.45) is 3.11. The minimum atomic E-state index is -3.72. The SMILES string of the molecule is N[C@H]1CCC[C@H]1NCc1cc2cc(Cl)ccc2n1S(=O)(=O)c1ccccc1. The van der Waals surface area contributed by atoms with E-state index in [2.05, 4.69) is 5.32 Å². The molecule has 1 heterocycles. The molecule has 0 amide bonds. The predicted octanol–water partition coefficient (Wildman–Crippen LogP) is 3.50. The number of benzene rings is 2. The van der Waals surface area contributed by atoms with E-state index >= 15 is 0 Å². The summed E-state index contributed by atoms with van der Waals surface area (Å²) < 4.78 is 28.1. The van der Waals surface area contributed by atoms with Crippen LogP contribution in [0.15, 0.2) is 59.5 Å². The molecule has 3 aromatic rings. The first-order chi connectivity index (χ1) is 13.0. The first-order valence-corrected chi connectivity index (χ1v) is 10.9. The Morgan fingerprint density at radius 2 is 1.89 bits per heavy atom. The van der Waals surface area contributed by atoms with Gasteiger partial charge in [-0.2, -0.15) is 0 Å². The maximum Gasteiger partial charge on any atom is 0.268 e. The molecule has 0 saturated heterocycles. The van der Waals surface area contributed by atoms with E-state index in [1.165, 1.54) is 3.97 Å².